The average molecular weight is 149 g/mol. The number of nitrogens with zero attached hydrogens (tertiary/aromatic N) is 1. The van der Waals surface area contributed by atoms with E-state index in [4.69, 9.17) is 4.74 Å². The number of pyridine rings is 1. The first-order chi connectivity index (χ1) is 5.38. The van der Waals surface area contributed by atoms with E-state index in [1.165, 1.54) is 5.56 Å². The van der Waals surface area contributed by atoms with Crippen LogP contribution in [-0.2, 0) is 11.3 Å². The molecule has 11 heavy (non-hydrogen) atoms. The van der Waals surface area contributed by atoms with E-state index in [-0.39, 0.29) is 0 Å². The van der Waals surface area contributed by atoms with Crippen LogP contribution in [0.15, 0.2) is 18.3 Å². The summed E-state index contributed by atoms with van der Waals surface area (Å²) in [7, 11) is 0. The number of ether oxygens (including phenoxy) is 1. The van der Waals surface area contributed by atoms with E-state index in [9.17, 15) is 0 Å². The number of rotatable bonds is 0. The van der Waals surface area contributed by atoms with Gasteiger partial charge in [-0.1, -0.05) is 13.0 Å². The summed E-state index contributed by atoms with van der Waals surface area (Å²) in [4.78, 5) is 4.24. The first-order valence-electron chi connectivity index (χ1n) is 3.89. The second-order valence-electron chi connectivity index (χ2n) is 2.96. The van der Waals surface area contributed by atoms with Gasteiger partial charge in [-0.25, -0.2) is 0 Å². The molecule has 2 heterocycles. The Morgan fingerprint density at radius 3 is 3.36 bits per heavy atom. The number of hydrogen-bond acceptors (Lipinski definition) is 2. The fraction of sp³-hybridized carbons (Fsp3) is 0.444. The smallest absolute Gasteiger partial charge is 0.0891 e. The van der Waals surface area contributed by atoms with Crippen molar-refractivity contribution in [3.05, 3.63) is 29.6 Å². The van der Waals surface area contributed by atoms with Crippen LogP contribution in [0.5, 0.6) is 0 Å². The van der Waals surface area contributed by atoms with E-state index >= 15 is 0 Å². The Morgan fingerprint density at radius 1 is 1.64 bits per heavy atom. The Balaban J connectivity index is 2.44. The SMILES string of the molecule is CC1COCc2ncccc21. The second-order valence-corrected chi connectivity index (χ2v) is 2.96. The number of aromatic nitrogens is 1. The predicted molar refractivity (Wildman–Crippen MR) is 42.3 cm³/mol. The van der Waals surface area contributed by atoms with Crippen molar-refractivity contribution in [3.63, 3.8) is 0 Å². The molecule has 1 aliphatic heterocycles. The molecule has 1 unspecified atom stereocenters. The Morgan fingerprint density at radius 2 is 2.55 bits per heavy atom. The summed E-state index contributed by atoms with van der Waals surface area (Å²) in [5.74, 6) is 0.507. The zero-order chi connectivity index (χ0) is 7.68. The molecule has 1 aromatic heterocycles. The zero-order valence-corrected chi connectivity index (χ0v) is 6.58. The fourth-order valence-corrected chi connectivity index (χ4v) is 1.44. The summed E-state index contributed by atoms with van der Waals surface area (Å²) in [5, 5.41) is 0. The van der Waals surface area contributed by atoms with Gasteiger partial charge in [-0.2, -0.15) is 0 Å². The van der Waals surface area contributed by atoms with E-state index in [0.29, 0.717) is 12.5 Å². The molecule has 0 bridgehead atoms. The summed E-state index contributed by atoms with van der Waals surface area (Å²) in [6, 6.07) is 4.12. The standard InChI is InChI=1S/C9H11NO/c1-7-5-11-6-9-8(7)3-2-4-10-9/h2-4,7H,5-6H2,1H3. The fourth-order valence-electron chi connectivity index (χ4n) is 1.44. The number of hydrogen-bond donors (Lipinski definition) is 0. The molecule has 2 nitrogen and oxygen atoms in total. The van der Waals surface area contributed by atoms with Crippen molar-refractivity contribution in [3.8, 4) is 0 Å². The highest BCUT2D eigenvalue weighted by molar-refractivity contribution is 5.24. The summed E-state index contributed by atoms with van der Waals surface area (Å²) in [6.45, 7) is 3.68. The summed E-state index contributed by atoms with van der Waals surface area (Å²) in [5.41, 5.74) is 2.45. The van der Waals surface area contributed by atoms with E-state index in [2.05, 4.69) is 18.0 Å². The van der Waals surface area contributed by atoms with Gasteiger partial charge in [0.1, 0.15) is 0 Å². The third-order valence-electron chi connectivity index (χ3n) is 2.06. The lowest BCUT2D eigenvalue weighted by Crippen LogP contribution is -2.15. The first kappa shape index (κ1) is 6.80. The van der Waals surface area contributed by atoms with Gasteiger partial charge >= 0.3 is 0 Å². The Bertz CT molecular complexity index is 259. The molecule has 1 atom stereocenters. The molecule has 1 aromatic rings. The summed E-state index contributed by atoms with van der Waals surface area (Å²) >= 11 is 0. The molecule has 0 amide bonds. The maximum absolute atomic E-state index is 5.35. The molecule has 0 N–H and O–H groups in total. The van der Waals surface area contributed by atoms with Crippen LogP contribution in [0.3, 0.4) is 0 Å². The minimum atomic E-state index is 0.507. The van der Waals surface area contributed by atoms with Gasteiger partial charge in [0.25, 0.3) is 0 Å². The van der Waals surface area contributed by atoms with Crippen molar-refractivity contribution < 1.29 is 4.74 Å². The number of fused-ring (bicyclic) bond motifs is 1. The van der Waals surface area contributed by atoms with Crippen molar-refractivity contribution in [2.24, 2.45) is 0 Å². The highest BCUT2D eigenvalue weighted by Gasteiger charge is 2.16. The average Bonchev–Trinajstić information content (AvgIpc) is 2.06. The minimum absolute atomic E-state index is 0.507. The molecular formula is C9H11NO. The van der Waals surface area contributed by atoms with Gasteiger partial charge in [0.05, 0.1) is 18.9 Å². The zero-order valence-electron chi connectivity index (χ0n) is 6.58. The summed E-state index contributed by atoms with van der Waals surface area (Å²) < 4.78 is 5.35. The minimum Gasteiger partial charge on any atom is -0.375 e. The Hall–Kier alpha value is -0.890. The van der Waals surface area contributed by atoms with Crippen molar-refractivity contribution in [2.45, 2.75) is 19.4 Å². The van der Waals surface area contributed by atoms with Crippen molar-refractivity contribution in [1.82, 2.24) is 4.98 Å². The molecule has 58 valence electrons. The van der Waals surface area contributed by atoms with E-state index in [0.717, 1.165) is 12.3 Å². The normalized spacial score (nSPS) is 22.8. The van der Waals surface area contributed by atoms with Crippen LogP contribution < -0.4 is 0 Å². The van der Waals surface area contributed by atoms with Gasteiger partial charge in [-0.15, -0.1) is 0 Å². The third-order valence-corrected chi connectivity index (χ3v) is 2.06. The van der Waals surface area contributed by atoms with Crippen LogP contribution in [-0.4, -0.2) is 11.6 Å². The monoisotopic (exact) mass is 149 g/mol. The van der Waals surface area contributed by atoms with Gasteiger partial charge in [0.15, 0.2) is 0 Å². The van der Waals surface area contributed by atoms with Crippen molar-refractivity contribution in [2.75, 3.05) is 6.61 Å². The van der Waals surface area contributed by atoms with Gasteiger partial charge < -0.3 is 4.74 Å². The van der Waals surface area contributed by atoms with Crippen LogP contribution >= 0.6 is 0 Å². The van der Waals surface area contributed by atoms with Crippen LogP contribution in [0.25, 0.3) is 0 Å². The lowest BCUT2D eigenvalue weighted by Gasteiger charge is -2.20. The van der Waals surface area contributed by atoms with E-state index < -0.39 is 0 Å². The molecule has 0 spiro atoms. The molecule has 2 rings (SSSR count). The van der Waals surface area contributed by atoms with Crippen molar-refractivity contribution >= 4 is 0 Å². The van der Waals surface area contributed by atoms with Gasteiger partial charge in [0, 0.05) is 12.1 Å². The molecule has 0 saturated carbocycles. The third kappa shape index (κ3) is 1.14. The highest BCUT2D eigenvalue weighted by atomic mass is 16.5. The molecular weight excluding hydrogens is 138 g/mol. The maximum atomic E-state index is 5.35. The molecule has 0 fully saturated rings. The predicted octanol–water partition coefficient (Wildman–Crippen LogP) is 1.72. The lowest BCUT2D eigenvalue weighted by molar-refractivity contribution is 0.0919. The largest absolute Gasteiger partial charge is 0.375 e. The molecule has 2 heteroatoms. The second kappa shape index (κ2) is 2.62. The van der Waals surface area contributed by atoms with Crippen LogP contribution in [0.4, 0.5) is 0 Å². The van der Waals surface area contributed by atoms with Crippen LogP contribution in [0, 0.1) is 0 Å². The molecule has 0 radical (unpaired) electrons. The van der Waals surface area contributed by atoms with Crippen molar-refractivity contribution in [1.29, 1.82) is 0 Å². The molecule has 0 aliphatic carbocycles. The van der Waals surface area contributed by atoms with Gasteiger partial charge in [-0.3, -0.25) is 4.98 Å². The topological polar surface area (TPSA) is 22.1 Å². The summed E-state index contributed by atoms with van der Waals surface area (Å²) in [6.07, 6.45) is 1.82. The molecule has 0 saturated heterocycles. The van der Waals surface area contributed by atoms with Crippen LogP contribution in [0.1, 0.15) is 24.1 Å². The highest BCUT2D eigenvalue weighted by Crippen LogP contribution is 2.23. The quantitative estimate of drug-likeness (QED) is 0.560. The van der Waals surface area contributed by atoms with E-state index in [1.54, 1.807) is 0 Å². The van der Waals surface area contributed by atoms with Crippen LogP contribution in [0.2, 0.25) is 0 Å². The maximum Gasteiger partial charge on any atom is 0.0891 e. The Kier molecular flexibility index (Phi) is 1.62. The molecule has 1 aliphatic rings. The molecule has 0 aromatic carbocycles. The Labute approximate surface area is 66.2 Å². The van der Waals surface area contributed by atoms with Gasteiger partial charge in [0.2, 0.25) is 0 Å². The lowest BCUT2D eigenvalue weighted by atomic mass is 9.99. The van der Waals surface area contributed by atoms with E-state index in [1.807, 2.05) is 12.3 Å². The first-order valence-corrected chi connectivity index (χ1v) is 3.89. The van der Waals surface area contributed by atoms with Gasteiger partial charge in [-0.05, 0) is 11.6 Å².